The summed E-state index contributed by atoms with van der Waals surface area (Å²) in [7, 11) is 0. The molecule has 0 aliphatic rings. The topological polar surface area (TPSA) is 107 Å². The highest BCUT2D eigenvalue weighted by Gasteiger charge is 2.14. The van der Waals surface area contributed by atoms with Gasteiger partial charge >= 0.3 is 5.97 Å². The minimum absolute atomic E-state index is 0.0258. The summed E-state index contributed by atoms with van der Waals surface area (Å²) in [6, 6.07) is 8.59. The fourth-order valence-corrected chi connectivity index (χ4v) is 4.63. The molecule has 10 heteroatoms. The second-order valence-corrected chi connectivity index (χ2v) is 8.15. The highest BCUT2D eigenvalue weighted by molar-refractivity contribution is 7.98. The minimum atomic E-state index is -0.904. The van der Waals surface area contributed by atoms with E-state index in [1.807, 2.05) is 6.07 Å². The van der Waals surface area contributed by atoms with Crippen molar-refractivity contribution in [3.05, 3.63) is 68.3 Å². The van der Waals surface area contributed by atoms with Crippen LogP contribution in [-0.2, 0) is 17.1 Å². The quantitative estimate of drug-likeness (QED) is 0.356. The second kappa shape index (κ2) is 8.18. The van der Waals surface area contributed by atoms with Crippen molar-refractivity contribution in [1.82, 2.24) is 18.9 Å². The van der Waals surface area contributed by atoms with Crippen molar-refractivity contribution < 1.29 is 9.90 Å². The molecular weight excluding hydrogens is 412 g/mol. The summed E-state index contributed by atoms with van der Waals surface area (Å²) in [5, 5.41) is 11.2. The molecule has 4 rings (SSSR count). The number of carboxylic acids is 1. The van der Waals surface area contributed by atoms with Crippen LogP contribution in [0.1, 0.15) is 18.5 Å². The van der Waals surface area contributed by atoms with Gasteiger partial charge in [0.05, 0.1) is 11.2 Å². The Bertz CT molecular complexity index is 1330. The molecular formula is C19H16N4O4S2. The van der Waals surface area contributed by atoms with Crippen molar-refractivity contribution >= 4 is 44.9 Å². The van der Waals surface area contributed by atoms with E-state index in [4.69, 9.17) is 5.11 Å². The van der Waals surface area contributed by atoms with E-state index in [9.17, 15) is 14.4 Å². The lowest BCUT2D eigenvalue weighted by atomic mass is 10.3. The molecule has 0 atom stereocenters. The first-order valence-corrected chi connectivity index (χ1v) is 10.7. The standard InChI is InChI=1S/C19H16N4O4S2/c24-15-10-12(20-14-4-1-2-7-22(14)15)11-29-19-21-13-6-9-28-17(13)18(27)23(19)8-3-5-16(25)26/h1-2,4,6-7,9-10H,3,5,8,11H2,(H,25,26). The molecule has 0 fully saturated rings. The Kier molecular flexibility index (Phi) is 5.45. The molecule has 29 heavy (non-hydrogen) atoms. The Labute approximate surface area is 172 Å². The fraction of sp³-hybridized carbons (Fsp3) is 0.211. The van der Waals surface area contributed by atoms with Crippen LogP contribution < -0.4 is 11.1 Å². The zero-order valence-corrected chi connectivity index (χ0v) is 16.8. The molecule has 0 radical (unpaired) electrons. The van der Waals surface area contributed by atoms with E-state index in [1.54, 1.807) is 29.8 Å². The van der Waals surface area contributed by atoms with Crippen LogP contribution in [0.2, 0.25) is 0 Å². The van der Waals surface area contributed by atoms with Crippen LogP contribution >= 0.6 is 23.1 Å². The number of aromatic nitrogens is 4. The van der Waals surface area contributed by atoms with Gasteiger partial charge in [0.1, 0.15) is 10.3 Å². The number of thioether (sulfide) groups is 1. The predicted molar refractivity (Wildman–Crippen MR) is 112 cm³/mol. The third kappa shape index (κ3) is 4.08. The molecule has 0 saturated carbocycles. The van der Waals surface area contributed by atoms with E-state index in [2.05, 4.69) is 9.97 Å². The summed E-state index contributed by atoms with van der Waals surface area (Å²) >= 11 is 2.62. The summed E-state index contributed by atoms with van der Waals surface area (Å²) in [5.74, 6) is -0.542. The molecule has 0 spiro atoms. The van der Waals surface area contributed by atoms with Gasteiger partial charge in [-0.3, -0.25) is 23.4 Å². The number of hydrogen-bond acceptors (Lipinski definition) is 7. The second-order valence-electron chi connectivity index (χ2n) is 6.29. The van der Waals surface area contributed by atoms with Crippen molar-refractivity contribution in [2.45, 2.75) is 30.3 Å². The van der Waals surface area contributed by atoms with Gasteiger partial charge in [-0.1, -0.05) is 17.8 Å². The highest BCUT2D eigenvalue weighted by atomic mass is 32.2. The van der Waals surface area contributed by atoms with Crippen LogP contribution in [0.4, 0.5) is 0 Å². The van der Waals surface area contributed by atoms with Gasteiger partial charge in [0, 0.05) is 31.0 Å². The van der Waals surface area contributed by atoms with Crippen LogP contribution in [0.15, 0.2) is 56.7 Å². The van der Waals surface area contributed by atoms with Crippen molar-refractivity contribution in [2.75, 3.05) is 0 Å². The van der Waals surface area contributed by atoms with Crippen molar-refractivity contribution in [3.8, 4) is 0 Å². The molecule has 1 N–H and O–H groups in total. The van der Waals surface area contributed by atoms with Crippen LogP contribution in [0, 0.1) is 0 Å². The maximum atomic E-state index is 12.8. The molecule has 0 aliphatic carbocycles. The lowest BCUT2D eigenvalue weighted by Crippen LogP contribution is -2.23. The molecule has 0 aliphatic heterocycles. The third-order valence-corrected chi connectivity index (χ3v) is 6.18. The molecule has 148 valence electrons. The molecule has 0 aromatic carbocycles. The van der Waals surface area contributed by atoms with E-state index in [0.29, 0.717) is 38.9 Å². The van der Waals surface area contributed by atoms with Gasteiger partial charge in [-0.15, -0.1) is 11.3 Å². The lowest BCUT2D eigenvalue weighted by molar-refractivity contribution is -0.137. The normalized spacial score (nSPS) is 11.3. The largest absolute Gasteiger partial charge is 0.481 e. The van der Waals surface area contributed by atoms with Gasteiger partial charge < -0.3 is 5.11 Å². The number of carbonyl (C=O) groups is 1. The van der Waals surface area contributed by atoms with E-state index < -0.39 is 5.97 Å². The fourth-order valence-electron chi connectivity index (χ4n) is 2.93. The zero-order chi connectivity index (χ0) is 20.4. The van der Waals surface area contributed by atoms with E-state index in [1.165, 1.54) is 38.1 Å². The smallest absolute Gasteiger partial charge is 0.303 e. The van der Waals surface area contributed by atoms with Crippen molar-refractivity contribution in [2.24, 2.45) is 0 Å². The number of pyridine rings is 1. The molecule has 0 saturated heterocycles. The SMILES string of the molecule is O=C(O)CCCn1c(SCc2cc(=O)n3ccccc3n2)nc2ccsc2c1=O. The number of nitrogens with zero attached hydrogens (tertiary/aromatic N) is 4. The Morgan fingerprint density at radius 2 is 2.07 bits per heavy atom. The Morgan fingerprint density at radius 3 is 2.90 bits per heavy atom. The molecule has 0 unspecified atom stereocenters. The minimum Gasteiger partial charge on any atom is -0.481 e. The van der Waals surface area contributed by atoms with Crippen LogP contribution in [0.3, 0.4) is 0 Å². The summed E-state index contributed by atoms with van der Waals surface area (Å²) in [4.78, 5) is 45.0. The summed E-state index contributed by atoms with van der Waals surface area (Å²) in [6.07, 6.45) is 1.96. The predicted octanol–water partition coefficient (Wildman–Crippen LogP) is 2.62. The molecule has 8 nitrogen and oxygen atoms in total. The zero-order valence-electron chi connectivity index (χ0n) is 15.1. The monoisotopic (exact) mass is 428 g/mol. The number of hydrogen-bond donors (Lipinski definition) is 1. The van der Waals surface area contributed by atoms with Gasteiger partial charge in [0.25, 0.3) is 11.1 Å². The first-order chi connectivity index (χ1) is 14.0. The number of rotatable bonds is 7. The molecule has 4 aromatic heterocycles. The summed E-state index contributed by atoms with van der Waals surface area (Å²) in [5.41, 5.74) is 1.40. The Morgan fingerprint density at radius 1 is 1.21 bits per heavy atom. The van der Waals surface area contributed by atoms with Gasteiger partial charge in [-0.05, 0) is 30.0 Å². The van der Waals surface area contributed by atoms with E-state index >= 15 is 0 Å². The summed E-state index contributed by atoms with van der Waals surface area (Å²) < 4.78 is 3.53. The number of aliphatic carboxylic acids is 1. The van der Waals surface area contributed by atoms with Gasteiger partial charge in [-0.2, -0.15) is 0 Å². The highest BCUT2D eigenvalue weighted by Crippen LogP contribution is 2.23. The molecule has 0 bridgehead atoms. The van der Waals surface area contributed by atoms with E-state index in [0.717, 1.165) is 0 Å². The first-order valence-electron chi connectivity index (χ1n) is 8.83. The van der Waals surface area contributed by atoms with E-state index in [-0.39, 0.29) is 24.1 Å². The Hall–Kier alpha value is -2.98. The number of thiophene rings is 1. The average molecular weight is 428 g/mol. The molecule has 4 heterocycles. The van der Waals surface area contributed by atoms with Gasteiger partial charge in [-0.25, -0.2) is 9.97 Å². The molecule has 0 amide bonds. The number of carboxylic acid groups (broad SMARTS) is 1. The number of fused-ring (bicyclic) bond motifs is 2. The van der Waals surface area contributed by atoms with Crippen LogP contribution in [0.25, 0.3) is 15.9 Å². The maximum absolute atomic E-state index is 12.8. The third-order valence-electron chi connectivity index (χ3n) is 4.28. The van der Waals surface area contributed by atoms with Crippen LogP contribution in [0.5, 0.6) is 0 Å². The first kappa shape index (κ1) is 19.3. The molecule has 4 aromatic rings. The maximum Gasteiger partial charge on any atom is 0.303 e. The van der Waals surface area contributed by atoms with Crippen LogP contribution in [-0.4, -0.2) is 30.0 Å². The van der Waals surface area contributed by atoms with Gasteiger partial charge in [0.15, 0.2) is 5.16 Å². The summed E-state index contributed by atoms with van der Waals surface area (Å²) in [6.45, 7) is 0.266. The van der Waals surface area contributed by atoms with Gasteiger partial charge in [0.2, 0.25) is 0 Å². The Balaban J connectivity index is 1.65. The average Bonchev–Trinajstić information content (AvgIpc) is 3.17. The van der Waals surface area contributed by atoms with Crippen molar-refractivity contribution in [1.29, 1.82) is 0 Å². The van der Waals surface area contributed by atoms with Crippen molar-refractivity contribution in [3.63, 3.8) is 0 Å². The lowest BCUT2D eigenvalue weighted by Gasteiger charge is -2.11.